The molecule has 0 bridgehead atoms. The van der Waals surface area contributed by atoms with Gasteiger partial charge in [0.2, 0.25) is 0 Å². The normalized spacial score (nSPS) is 12.5. The monoisotopic (exact) mass is 202 g/mol. The molecule has 2 N–H and O–H groups in total. The predicted molar refractivity (Wildman–Crippen MR) is 49.5 cm³/mol. The minimum atomic E-state index is -1.07. The smallest absolute Gasteiger partial charge is 0.319 e. The quantitative estimate of drug-likeness (QED) is 0.293. The van der Waals surface area contributed by atoms with E-state index in [1.165, 1.54) is 14.2 Å². The molecule has 0 aliphatic rings. The van der Waals surface area contributed by atoms with E-state index < -0.39 is 18.3 Å². The van der Waals surface area contributed by atoms with E-state index >= 15 is 0 Å². The first kappa shape index (κ1) is 13.1. The summed E-state index contributed by atoms with van der Waals surface area (Å²) < 4.78 is 9.66. The Labute approximate surface area is 82.8 Å². The average Bonchev–Trinajstić information content (AvgIpc) is 2.18. The van der Waals surface area contributed by atoms with Crippen molar-refractivity contribution >= 4 is 19.6 Å². The molecule has 0 aromatic carbocycles. The molecule has 0 amide bonds. The lowest BCUT2D eigenvalue weighted by molar-refractivity contribution is -0.146. The van der Waals surface area contributed by atoms with Gasteiger partial charge in [0, 0.05) is 20.6 Å². The lowest BCUT2D eigenvalue weighted by Gasteiger charge is -2.18. The highest BCUT2D eigenvalue weighted by atomic mass is 16.7. The van der Waals surface area contributed by atoms with Gasteiger partial charge in [-0.3, -0.25) is 4.79 Å². The Morgan fingerprint density at radius 1 is 1.57 bits per heavy atom. The van der Waals surface area contributed by atoms with Gasteiger partial charge in [0.1, 0.15) is 6.04 Å². The summed E-state index contributed by atoms with van der Waals surface area (Å²) in [6.07, 6.45) is -0.0133. The largest absolute Gasteiger partial charge is 0.480 e. The second-order valence-corrected chi connectivity index (χ2v) is 2.50. The fourth-order valence-electron chi connectivity index (χ4n) is 0.877. The fraction of sp³-hybridized carbons (Fsp3) is 0.714. The van der Waals surface area contributed by atoms with Gasteiger partial charge in [0.05, 0.1) is 6.19 Å². The highest BCUT2D eigenvalue weighted by Crippen LogP contribution is 2.02. The summed E-state index contributed by atoms with van der Waals surface area (Å²) in [6, 6.07) is -0.898. The number of carbonyl (C=O) groups excluding carboxylic acids is 1. The van der Waals surface area contributed by atoms with Gasteiger partial charge >= 0.3 is 5.97 Å². The van der Waals surface area contributed by atoms with Crippen molar-refractivity contribution in [2.24, 2.45) is 0 Å². The molecule has 0 unspecified atom stereocenters. The van der Waals surface area contributed by atoms with Crippen LogP contribution >= 0.6 is 0 Å². The van der Waals surface area contributed by atoms with E-state index in [-0.39, 0.29) is 6.42 Å². The van der Waals surface area contributed by atoms with Crippen molar-refractivity contribution in [2.45, 2.75) is 18.8 Å². The highest BCUT2D eigenvalue weighted by molar-refractivity contribution is 6.64. The van der Waals surface area contributed by atoms with Crippen LogP contribution in [0.3, 0.4) is 0 Å². The van der Waals surface area contributed by atoms with Crippen LogP contribution in [-0.4, -0.2) is 51.2 Å². The molecule has 79 valence electrons. The minimum Gasteiger partial charge on any atom is -0.480 e. The molecular weight excluding hydrogens is 189 g/mol. The maximum Gasteiger partial charge on any atom is 0.319 e. The second-order valence-electron chi connectivity index (χ2n) is 2.50. The molecule has 0 aliphatic carbocycles. The Morgan fingerprint density at radius 3 is 2.50 bits per heavy atom. The van der Waals surface area contributed by atoms with Crippen LogP contribution in [0.1, 0.15) is 6.42 Å². The molecule has 0 aliphatic heterocycles. The van der Waals surface area contributed by atoms with Gasteiger partial charge in [-0.25, -0.2) is 0 Å². The number of carboxylic acid groups (broad SMARTS) is 1. The van der Waals surface area contributed by atoms with Gasteiger partial charge in [-0.2, -0.15) is 0 Å². The maximum atomic E-state index is 10.7. The molecule has 0 spiro atoms. The first-order chi connectivity index (χ1) is 6.65. The third-order valence-electron chi connectivity index (χ3n) is 1.62. The van der Waals surface area contributed by atoms with Crippen LogP contribution in [0.25, 0.3) is 0 Å². The molecule has 1 atom stereocenters. The van der Waals surface area contributed by atoms with Crippen molar-refractivity contribution in [2.75, 3.05) is 14.2 Å². The van der Waals surface area contributed by atoms with E-state index in [2.05, 4.69) is 5.23 Å². The Morgan fingerprint density at radius 2 is 2.14 bits per heavy atom. The first-order valence-electron chi connectivity index (χ1n) is 3.97. The highest BCUT2D eigenvalue weighted by Gasteiger charge is 2.21. The summed E-state index contributed by atoms with van der Waals surface area (Å²) in [5, 5.41) is 11.1. The van der Waals surface area contributed by atoms with Crippen molar-refractivity contribution in [3.63, 3.8) is 0 Å². The minimum absolute atomic E-state index is 0.118. The van der Waals surface area contributed by atoms with Crippen LogP contribution < -0.4 is 5.23 Å². The standard InChI is InChI=1S/C7H13BNO5/c1-13-6(14-2)3-5(7(11)12)9-8-4-10/h4-6,9H,3H2,1-2H3,(H,11,12)/t5-/m0/s1. The van der Waals surface area contributed by atoms with E-state index in [1.54, 1.807) is 0 Å². The van der Waals surface area contributed by atoms with Crippen LogP contribution in [0.4, 0.5) is 0 Å². The molecule has 0 heterocycles. The summed E-state index contributed by atoms with van der Waals surface area (Å²) in [4.78, 5) is 20.6. The van der Waals surface area contributed by atoms with E-state index in [4.69, 9.17) is 14.6 Å². The van der Waals surface area contributed by atoms with Crippen LogP contribution in [0.15, 0.2) is 0 Å². The topological polar surface area (TPSA) is 84.9 Å². The fourth-order valence-corrected chi connectivity index (χ4v) is 0.877. The zero-order valence-corrected chi connectivity index (χ0v) is 8.10. The van der Waals surface area contributed by atoms with E-state index in [0.717, 1.165) is 7.41 Å². The van der Waals surface area contributed by atoms with Crippen LogP contribution in [0.5, 0.6) is 0 Å². The van der Waals surface area contributed by atoms with Gasteiger partial charge in [-0.1, -0.05) is 0 Å². The number of rotatable bonds is 8. The lowest BCUT2D eigenvalue weighted by atomic mass is 9.95. The molecule has 0 saturated heterocycles. The zero-order valence-electron chi connectivity index (χ0n) is 8.10. The molecule has 6 nitrogen and oxygen atoms in total. The van der Waals surface area contributed by atoms with E-state index in [9.17, 15) is 9.59 Å². The van der Waals surface area contributed by atoms with Gasteiger partial charge < -0.3 is 24.6 Å². The van der Waals surface area contributed by atoms with Gasteiger partial charge in [-0.05, 0) is 0 Å². The third-order valence-corrected chi connectivity index (χ3v) is 1.62. The van der Waals surface area contributed by atoms with Crippen LogP contribution in [0.2, 0.25) is 0 Å². The number of aliphatic carboxylic acids is 1. The number of ether oxygens (including phenoxy) is 2. The molecular formula is C7H13BNO5. The van der Waals surface area contributed by atoms with Crippen molar-refractivity contribution in [3.8, 4) is 0 Å². The van der Waals surface area contributed by atoms with E-state index in [0.29, 0.717) is 6.19 Å². The summed E-state index contributed by atoms with van der Waals surface area (Å²) in [6.45, 7) is 0. The Balaban J connectivity index is 4.06. The second kappa shape index (κ2) is 7.49. The van der Waals surface area contributed by atoms with Crippen molar-refractivity contribution in [1.82, 2.24) is 5.23 Å². The number of carboxylic acids is 1. The summed E-state index contributed by atoms with van der Waals surface area (Å²) in [7, 11) is 3.86. The molecule has 0 saturated carbocycles. The molecule has 0 aromatic rings. The summed E-state index contributed by atoms with van der Waals surface area (Å²) >= 11 is 0. The van der Waals surface area contributed by atoms with Crippen molar-refractivity contribution in [1.29, 1.82) is 0 Å². The van der Waals surface area contributed by atoms with Gasteiger partial charge in [-0.15, -0.1) is 0 Å². The number of carbonyl (C=O) groups is 2. The molecule has 14 heavy (non-hydrogen) atoms. The third kappa shape index (κ3) is 4.95. The Hall–Kier alpha value is -0.915. The summed E-state index contributed by atoms with van der Waals surface area (Å²) in [5.74, 6) is -1.07. The van der Waals surface area contributed by atoms with Crippen molar-refractivity contribution in [3.05, 3.63) is 0 Å². The summed E-state index contributed by atoms with van der Waals surface area (Å²) in [5.41, 5.74) is 0. The first-order valence-corrected chi connectivity index (χ1v) is 3.97. The lowest BCUT2D eigenvalue weighted by Crippen LogP contribution is -2.42. The van der Waals surface area contributed by atoms with Gasteiger partial charge in [0.25, 0.3) is 7.41 Å². The number of hydrogen-bond donors (Lipinski definition) is 2. The number of methoxy groups -OCH3 is 2. The molecule has 0 fully saturated rings. The Bertz CT molecular complexity index is 185. The van der Waals surface area contributed by atoms with E-state index in [1.807, 2.05) is 0 Å². The SMILES string of the molecule is COC(C[C@H](N[B]C=O)C(=O)O)OC. The number of nitrogens with one attached hydrogen (secondary N) is 1. The van der Waals surface area contributed by atoms with Gasteiger partial charge in [0.15, 0.2) is 6.29 Å². The predicted octanol–water partition coefficient (Wildman–Crippen LogP) is -1.15. The van der Waals surface area contributed by atoms with Crippen LogP contribution in [0, 0.1) is 0 Å². The average molecular weight is 202 g/mol. The van der Waals surface area contributed by atoms with Crippen molar-refractivity contribution < 1.29 is 24.2 Å². The van der Waals surface area contributed by atoms with Crippen LogP contribution in [-0.2, 0) is 19.1 Å². The molecule has 0 aromatic heterocycles. The molecule has 0 rings (SSSR count). The molecule has 1 radical (unpaired) electrons. The number of hydrogen-bond acceptors (Lipinski definition) is 5. The Kier molecular flexibility index (Phi) is 7.00. The maximum absolute atomic E-state index is 10.7. The molecule has 7 heteroatoms. The zero-order chi connectivity index (χ0) is 11.0.